The highest BCUT2D eigenvalue weighted by Gasteiger charge is 2.21. The van der Waals surface area contributed by atoms with Crippen LogP contribution in [-0.4, -0.2) is 20.9 Å². The van der Waals surface area contributed by atoms with Gasteiger partial charge in [-0.05, 0) is 13.3 Å². The highest BCUT2D eigenvalue weighted by molar-refractivity contribution is 5.67. The number of unbranched alkanes of at least 4 members (excludes halogenated alkanes) is 3. The predicted octanol–water partition coefficient (Wildman–Crippen LogP) is 2.74. The molecule has 0 aliphatic rings. The second kappa shape index (κ2) is 7.50. The Morgan fingerprint density at radius 1 is 1.42 bits per heavy atom. The zero-order chi connectivity index (χ0) is 14.3. The van der Waals surface area contributed by atoms with Crippen LogP contribution in [0.25, 0.3) is 0 Å². The molecular weight excluding hydrogens is 246 g/mol. The molecule has 7 heteroatoms. The zero-order valence-electron chi connectivity index (χ0n) is 11.4. The first-order chi connectivity index (χ1) is 9.06. The van der Waals surface area contributed by atoms with Gasteiger partial charge in [-0.3, -0.25) is 10.1 Å². The van der Waals surface area contributed by atoms with Gasteiger partial charge in [-0.15, -0.1) is 0 Å². The predicted molar refractivity (Wildman–Crippen MR) is 74.9 cm³/mol. The van der Waals surface area contributed by atoms with E-state index in [1.165, 1.54) is 25.6 Å². The molecule has 1 aromatic heterocycles. The third kappa shape index (κ3) is 4.69. The number of anilines is 2. The molecule has 106 valence electrons. The number of nitrogens with one attached hydrogen (secondary N) is 1. The van der Waals surface area contributed by atoms with Crippen molar-refractivity contribution < 1.29 is 4.92 Å². The Hall–Kier alpha value is -1.92. The van der Waals surface area contributed by atoms with E-state index >= 15 is 0 Å². The molecule has 0 radical (unpaired) electrons. The Balaban J connectivity index is 2.61. The first-order valence-corrected chi connectivity index (χ1v) is 6.57. The fraction of sp³-hybridized carbons (Fsp3) is 0.667. The average Bonchev–Trinajstić information content (AvgIpc) is 2.34. The number of nitrogen functional groups attached to an aromatic ring is 1. The summed E-state index contributed by atoms with van der Waals surface area (Å²) >= 11 is 0. The fourth-order valence-corrected chi connectivity index (χ4v) is 1.86. The van der Waals surface area contributed by atoms with Gasteiger partial charge in [0.25, 0.3) is 0 Å². The van der Waals surface area contributed by atoms with Crippen molar-refractivity contribution in [3.63, 3.8) is 0 Å². The Labute approximate surface area is 112 Å². The molecule has 1 atom stereocenters. The summed E-state index contributed by atoms with van der Waals surface area (Å²) in [5.41, 5.74) is 5.26. The normalized spacial score (nSPS) is 12.1. The lowest BCUT2D eigenvalue weighted by atomic mass is 10.1. The van der Waals surface area contributed by atoms with Crippen LogP contribution in [0.2, 0.25) is 0 Å². The Bertz CT molecular complexity index is 425. The van der Waals surface area contributed by atoms with Crippen molar-refractivity contribution in [2.45, 2.75) is 52.0 Å². The highest BCUT2D eigenvalue weighted by Crippen LogP contribution is 2.27. The zero-order valence-corrected chi connectivity index (χ0v) is 11.4. The maximum Gasteiger partial charge on any atom is 0.352 e. The summed E-state index contributed by atoms with van der Waals surface area (Å²) in [6.45, 7) is 4.14. The Kier molecular flexibility index (Phi) is 5.98. The average molecular weight is 267 g/mol. The summed E-state index contributed by atoms with van der Waals surface area (Å²) in [6.07, 6.45) is 6.85. The molecule has 0 bridgehead atoms. The van der Waals surface area contributed by atoms with Gasteiger partial charge in [0.1, 0.15) is 6.33 Å². The minimum atomic E-state index is -0.554. The van der Waals surface area contributed by atoms with E-state index in [1.54, 1.807) is 0 Å². The van der Waals surface area contributed by atoms with Crippen LogP contribution in [0.3, 0.4) is 0 Å². The lowest BCUT2D eigenvalue weighted by Crippen LogP contribution is -2.17. The molecule has 7 nitrogen and oxygen atoms in total. The lowest BCUT2D eigenvalue weighted by Gasteiger charge is -2.14. The van der Waals surface area contributed by atoms with Gasteiger partial charge >= 0.3 is 5.69 Å². The molecule has 0 fully saturated rings. The second-order valence-electron chi connectivity index (χ2n) is 4.61. The molecule has 0 aromatic carbocycles. The van der Waals surface area contributed by atoms with Crippen LogP contribution in [0.1, 0.15) is 46.0 Å². The Morgan fingerprint density at radius 3 is 2.79 bits per heavy atom. The first-order valence-electron chi connectivity index (χ1n) is 6.57. The van der Waals surface area contributed by atoms with Crippen LogP contribution in [0.5, 0.6) is 0 Å². The highest BCUT2D eigenvalue weighted by atomic mass is 16.6. The quantitative estimate of drug-likeness (QED) is 0.426. The van der Waals surface area contributed by atoms with Crippen molar-refractivity contribution in [3.05, 3.63) is 16.4 Å². The van der Waals surface area contributed by atoms with Crippen LogP contribution in [0.15, 0.2) is 6.33 Å². The molecule has 3 N–H and O–H groups in total. The third-order valence-corrected chi connectivity index (χ3v) is 2.91. The lowest BCUT2D eigenvalue weighted by molar-refractivity contribution is -0.383. The van der Waals surface area contributed by atoms with Gasteiger partial charge in [-0.1, -0.05) is 32.6 Å². The van der Waals surface area contributed by atoms with Crippen molar-refractivity contribution in [2.24, 2.45) is 0 Å². The molecule has 1 heterocycles. The van der Waals surface area contributed by atoms with Crippen LogP contribution < -0.4 is 11.1 Å². The van der Waals surface area contributed by atoms with Crippen molar-refractivity contribution >= 4 is 17.3 Å². The summed E-state index contributed by atoms with van der Waals surface area (Å²) in [7, 11) is 0. The van der Waals surface area contributed by atoms with Crippen molar-refractivity contribution in [1.29, 1.82) is 0 Å². The number of aromatic nitrogens is 2. The maximum atomic E-state index is 10.9. The SMILES string of the molecule is CCCCCCC(C)Nc1ncnc(N)c1[N+](=O)[O-]. The molecule has 0 amide bonds. The summed E-state index contributed by atoms with van der Waals surface area (Å²) < 4.78 is 0. The van der Waals surface area contributed by atoms with Gasteiger partial charge < -0.3 is 11.1 Å². The van der Waals surface area contributed by atoms with Gasteiger partial charge in [0.15, 0.2) is 0 Å². The van der Waals surface area contributed by atoms with Gasteiger partial charge in [-0.25, -0.2) is 9.97 Å². The molecular formula is C12H21N5O2. The van der Waals surface area contributed by atoms with E-state index in [2.05, 4.69) is 22.2 Å². The number of nitrogens with two attached hydrogens (primary N) is 1. The van der Waals surface area contributed by atoms with E-state index in [0.29, 0.717) is 0 Å². The van der Waals surface area contributed by atoms with E-state index in [9.17, 15) is 10.1 Å². The molecule has 0 spiro atoms. The van der Waals surface area contributed by atoms with Crippen molar-refractivity contribution in [2.75, 3.05) is 11.1 Å². The number of rotatable bonds is 8. The standard InChI is InChI=1S/C12H21N5O2/c1-3-4-5-6-7-9(2)16-12-10(17(18)19)11(13)14-8-15-12/h8-9H,3-7H2,1-2H3,(H3,13,14,15,16). The first kappa shape index (κ1) is 15.1. The number of hydrogen-bond donors (Lipinski definition) is 2. The maximum absolute atomic E-state index is 10.9. The number of hydrogen-bond acceptors (Lipinski definition) is 6. The third-order valence-electron chi connectivity index (χ3n) is 2.91. The summed E-state index contributed by atoms with van der Waals surface area (Å²) in [6, 6.07) is 0.116. The monoisotopic (exact) mass is 267 g/mol. The molecule has 1 rings (SSSR count). The van der Waals surface area contributed by atoms with Gasteiger partial charge in [0.05, 0.1) is 4.92 Å². The molecule has 19 heavy (non-hydrogen) atoms. The van der Waals surface area contributed by atoms with Crippen LogP contribution in [0.4, 0.5) is 17.3 Å². The van der Waals surface area contributed by atoms with Crippen molar-refractivity contribution in [1.82, 2.24) is 9.97 Å². The minimum absolute atomic E-state index is 0.110. The molecule has 0 aliphatic carbocycles. The van der Waals surface area contributed by atoms with Crippen LogP contribution in [-0.2, 0) is 0 Å². The molecule has 0 saturated heterocycles. The molecule has 0 aliphatic heterocycles. The second-order valence-corrected chi connectivity index (χ2v) is 4.61. The van der Waals surface area contributed by atoms with Gasteiger partial charge in [0.2, 0.25) is 11.6 Å². The topological polar surface area (TPSA) is 107 Å². The van der Waals surface area contributed by atoms with E-state index < -0.39 is 4.92 Å². The van der Waals surface area contributed by atoms with Gasteiger partial charge in [0, 0.05) is 6.04 Å². The van der Waals surface area contributed by atoms with Crippen molar-refractivity contribution in [3.8, 4) is 0 Å². The molecule has 0 saturated carbocycles. The number of nitro groups is 1. The summed E-state index contributed by atoms with van der Waals surface area (Å²) in [5.74, 6) is 0.0844. The number of nitrogens with zero attached hydrogens (tertiary/aromatic N) is 3. The van der Waals surface area contributed by atoms with Crippen LogP contribution in [0, 0.1) is 10.1 Å². The smallest absolute Gasteiger partial charge is 0.352 e. The van der Waals surface area contributed by atoms with E-state index in [-0.39, 0.29) is 23.4 Å². The van der Waals surface area contributed by atoms with E-state index in [4.69, 9.17) is 5.73 Å². The summed E-state index contributed by atoms with van der Waals surface area (Å²) in [5, 5.41) is 14.0. The van der Waals surface area contributed by atoms with Crippen LogP contribution >= 0.6 is 0 Å². The Morgan fingerprint density at radius 2 is 2.16 bits per heavy atom. The summed E-state index contributed by atoms with van der Waals surface area (Å²) in [4.78, 5) is 17.9. The fourth-order valence-electron chi connectivity index (χ4n) is 1.86. The molecule has 1 aromatic rings. The van der Waals surface area contributed by atoms with Gasteiger partial charge in [-0.2, -0.15) is 0 Å². The van der Waals surface area contributed by atoms with E-state index in [0.717, 1.165) is 12.8 Å². The largest absolute Gasteiger partial charge is 0.378 e. The molecule has 1 unspecified atom stereocenters. The minimum Gasteiger partial charge on any atom is -0.378 e. The van der Waals surface area contributed by atoms with E-state index in [1.807, 2.05) is 6.92 Å².